The van der Waals surface area contributed by atoms with Gasteiger partial charge in [0.05, 0.1) is 15.1 Å². The predicted molar refractivity (Wildman–Crippen MR) is 114 cm³/mol. The third-order valence-electron chi connectivity index (χ3n) is 4.20. The Kier molecular flexibility index (Phi) is 5.30. The molecule has 30 heavy (non-hydrogen) atoms. The molecule has 1 aliphatic rings. The zero-order chi connectivity index (χ0) is 21.5. The molecular formula is C18H13N3O6S3. The summed E-state index contributed by atoms with van der Waals surface area (Å²) in [5.74, 6) is 0.580. The first-order valence-corrected chi connectivity index (χ1v) is 11.8. The van der Waals surface area contributed by atoms with Crippen molar-refractivity contribution < 1.29 is 22.3 Å². The summed E-state index contributed by atoms with van der Waals surface area (Å²) in [6.45, 7) is 1.50. The highest BCUT2D eigenvalue weighted by atomic mass is 32.2. The third kappa shape index (κ3) is 3.93. The van der Waals surface area contributed by atoms with Gasteiger partial charge in [-0.2, -0.15) is 8.42 Å². The van der Waals surface area contributed by atoms with E-state index >= 15 is 0 Å². The highest BCUT2D eigenvalue weighted by Crippen LogP contribution is 2.33. The third-order valence-corrected chi connectivity index (χ3v) is 7.70. The molecule has 0 N–H and O–H groups in total. The van der Waals surface area contributed by atoms with Crippen molar-refractivity contribution in [2.45, 2.75) is 17.9 Å². The van der Waals surface area contributed by atoms with E-state index in [4.69, 9.17) is 4.18 Å². The number of thiazole rings is 1. The molecule has 3 aromatic rings. The summed E-state index contributed by atoms with van der Waals surface area (Å²) in [5, 5.41) is 12.4. The molecule has 0 spiro atoms. The Morgan fingerprint density at radius 3 is 2.73 bits per heavy atom. The van der Waals surface area contributed by atoms with Crippen LogP contribution in [-0.2, 0) is 14.9 Å². The first-order valence-electron chi connectivity index (χ1n) is 8.54. The number of nitro groups is 1. The maximum atomic E-state index is 12.6. The molecule has 1 aliphatic heterocycles. The van der Waals surface area contributed by atoms with Crippen LogP contribution in [0.1, 0.15) is 11.9 Å². The van der Waals surface area contributed by atoms with Gasteiger partial charge < -0.3 is 4.18 Å². The number of benzene rings is 2. The number of aliphatic imine (C=N–C) groups is 1. The van der Waals surface area contributed by atoms with Gasteiger partial charge in [-0.25, -0.2) is 4.98 Å². The lowest BCUT2D eigenvalue weighted by Gasteiger charge is -2.07. The average molecular weight is 464 g/mol. The number of carbonyl (C=O) groups excluding carboxylic acids is 1. The van der Waals surface area contributed by atoms with Crippen LogP contribution in [0, 0.1) is 10.1 Å². The topological polar surface area (TPSA) is 129 Å². The number of ketones is 1. The smallest absolute Gasteiger partial charge is 0.346 e. The number of nitro benzene ring substituents is 1. The van der Waals surface area contributed by atoms with Crippen molar-refractivity contribution in [2.24, 2.45) is 4.99 Å². The molecule has 0 amide bonds. The van der Waals surface area contributed by atoms with Crippen molar-refractivity contribution in [2.75, 3.05) is 5.75 Å². The molecule has 12 heteroatoms. The van der Waals surface area contributed by atoms with Crippen LogP contribution in [0.25, 0.3) is 10.2 Å². The maximum absolute atomic E-state index is 12.6. The van der Waals surface area contributed by atoms with Gasteiger partial charge in [-0.05, 0) is 25.1 Å². The quantitative estimate of drug-likeness (QED) is 0.309. The first-order chi connectivity index (χ1) is 14.2. The summed E-state index contributed by atoms with van der Waals surface area (Å²) in [6, 6.07) is 9.15. The van der Waals surface area contributed by atoms with Crippen LogP contribution in [0.5, 0.6) is 5.75 Å². The molecular weight excluding hydrogens is 450 g/mol. The lowest BCUT2D eigenvalue weighted by atomic mass is 10.2. The summed E-state index contributed by atoms with van der Waals surface area (Å²) in [7, 11) is -4.41. The van der Waals surface area contributed by atoms with E-state index in [1.807, 2.05) is 0 Å². The van der Waals surface area contributed by atoms with Crippen LogP contribution in [-0.4, -0.2) is 40.9 Å². The molecule has 0 bridgehead atoms. The van der Waals surface area contributed by atoms with Gasteiger partial charge in [0, 0.05) is 17.9 Å². The molecule has 1 unspecified atom stereocenters. The molecule has 2 heterocycles. The van der Waals surface area contributed by atoms with Crippen molar-refractivity contribution in [1.29, 1.82) is 0 Å². The van der Waals surface area contributed by atoms with Gasteiger partial charge in [-0.15, -0.1) is 23.1 Å². The normalized spacial score (nSPS) is 16.4. The standard InChI is InChI=1S/C18H13N3O6S3/c1-10(22)13-9-28-17(20-13)18-19-12-7-6-11(8-15(12)29-18)27-30(25,26)16-5-3-2-4-14(16)21(23)24/h2-8,13H,9H2,1H3. The minimum Gasteiger partial charge on any atom is -0.379 e. The molecule has 154 valence electrons. The fraction of sp³-hybridized carbons (Fsp3) is 0.167. The Hall–Kier alpha value is -2.83. The van der Waals surface area contributed by atoms with Crippen LogP contribution in [0.3, 0.4) is 0 Å². The van der Waals surface area contributed by atoms with Crippen LogP contribution in [0.15, 0.2) is 52.4 Å². The van der Waals surface area contributed by atoms with Crippen LogP contribution in [0.4, 0.5) is 5.69 Å². The van der Waals surface area contributed by atoms with E-state index in [-0.39, 0.29) is 17.6 Å². The lowest BCUT2D eigenvalue weighted by molar-refractivity contribution is -0.387. The number of fused-ring (bicyclic) bond motifs is 1. The number of rotatable bonds is 6. The molecule has 1 aromatic heterocycles. The number of para-hydroxylation sites is 1. The predicted octanol–water partition coefficient (Wildman–Crippen LogP) is 3.42. The van der Waals surface area contributed by atoms with Crippen molar-refractivity contribution in [3.05, 3.63) is 57.6 Å². The fourth-order valence-corrected chi connectivity index (χ4v) is 6.01. The fourth-order valence-electron chi connectivity index (χ4n) is 2.74. The van der Waals surface area contributed by atoms with Crippen LogP contribution in [0.2, 0.25) is 0 Å². The van der Waals surface area contributed by atoms with Crippen molar-refractivity contribution in [3.8, 4) is 5.75 Å². The van der Waals surface area contributed by atoms with E-state index in [1.54, 1.807) is 6.07 Å². The summed E-state index contributed by atoms with van der Waals surface area (Å²) in [5.41, 5.74) is 0.0648. The van der Waals surface area contributed by atoms with Crippen molar-refractivity contribution >= 4 is 59.9 Å². The van der Waals surface area contributed by atoms with E-state index in [2.05, 4.69) is 9.98 Å². The minimum absolute atomic E-state index is 0.00508. The van der Waals surface area contributed by atoms with Gasteiger partial charge in [-0.3, -0.25) is 19.9 Å². The summed E-state index contributed by atoms with van der Waals surface area (Å²) < 4.78 is 31.0. The Labute approximate surface area is 179 Å². The molecule has 0 saturated carbocycles. The monoisotopic (exact) mass is 463 g/mol. The lowest BCUT2D eigenvalue weighted by Crippen LogP contribution is -2.14. The summed E-state index contributed by atoms with van der Waals surface area (Å²) >= 11 is 2.74. The van der Waals surface area contributed by atoms with Crippen molar-refractivity contribution in [3.63, 3.8) is 0 Å². The van der Waals surface area contributed by atoms with Gasteiger partial charge in [0.25, 0.3) is 5.69 Å². The molecule has 0 saturated heterocycles. The molecule has 9 nitrogen and oxygen atoms in total. The number of aromatic nitrogens is 1. The van der Waals surface area contributed by atoms with Gasteiger partial charge in [0.1, 0.15) is 21.8 Å². The SMILES string of the molecule is CC(=O)C1CSC(c2nc3ccc(OS(=O)(=O)c4ccccc4[N+](=O)[O-])cc3s2)=N1. The van der Waals surface area contributed by atoms with E-state index in [9.17, 15) is 23.3 Å². The maximum Gasteiger partial charge on any atom is 0.346 e. The second-order valence-electron chi connectivity index (χ2n) is 6.28. The van der Waals surface area contributed by atoms with E-state index < -0.39 is 25.6 Å². The van der Waals surface area contributed by atoms with Gasteiger partial charge >= 0.3 is 10.1 Å². The van der Waals surface area contributed by atoms with Gasteiger partial charge in [0.15, 0.2) is 10.7 Å². The highest BCUT2D eigenvalue weighted by molar-refractivity contribution is 8.15. The number of carbonyl (C=O) groups is 1. The van der Waals surface area contributed by atoms with Crippen LogP contribution < -0.4 is 4.18 Å². The highest BCUT2D eigenvalue weighted by Gasteiger charge is 2.28. The van der Waals surface area contributed by atoms with E-state index in [0.717, 1.165) is 12.1 Å². The average Bonchev–Trinajstić information content (AvgIpc) is 3.34. The number of hydrogen-bond donors (Lipinski definition) is 0. The van der Waals surface area contributed by atoms with E-state index in [1.165, 1.54) is 54.3 Å². The number of hydrogen-bond acceptors (Lipinski definition) is 10. The minimum atomic E-state index is -4.41. The number of nitrogens with zero attached hydrogens (tertiary/aromatic N) is 3. The molecule has 0 radical (unpaired) electrons. The molecule has 4 rings (SSSR count). The summed E-state index contributed by atoms with van der Waals surface area (Å²) in [4.78, 5) is 30.2. The molecule has 0 fully saturated rings. The molecule has 2 aromatic carbocycles. The Balaban J connectivity index is 1.64. The summed E-state index contributed by atoms with van der Waals surface area (Å²) in [6.07, 6.45) is 0. The Morgan fingerprint density at radius 2 is 2.03 bits per heavy atom. The van der Waals surface area contributed by atoms with Crippen molar-refractivity contribution in [1.82, 2.24) is 4.98 Å². The van der Waals surface area contributed by atoms with E-state index in [0.29, 0.717) is 26.0 Å². The number of Topliss-reactive ketones (excluding diaryl/α,β-unsaturated/α-hetero) is 1. The second kappa shape index (κ2) is 7.78. The largest absolute Gasteiger partial charge is 0.379 e. The Morgan fingerprint density at radius 1 is 1.27 bits per heavy atom. The molecule has 0 aliphatic carbocycles. The Bertz CT molecular complexity index is 1320. The number of thioether (sulfide) groups is 1. The molecule has 1 atom stereocenters. The van der Waals surface area contributed by atoms with Crippen LogP contribution >= 0.6 is 23.1 Å². The zero-order valence-corrected chi connectivity index (χ0v) is 17.8. The van der Waals surface area contributed by atoms with Gasteiger partial charge in [0.2, 0.25) is 0 Å². The van der Waals surface area contributed by atoms with Gasteiger partial charge in [-0.1, -0.05) is 12.1 Å². The first kappa shape index (κ1) is 20.4. The second-order valence-corrected chi connectivity index (χ2v) is 9.84. The zero-order valence-electron chi connectivity index (χ0n) is 15.3.